The molecule has 2 aromatic rings. The van der Waals surface area contributed by atoms with E-state index in [9.17, 15) is 24.5 Å². The first-order valence-corrected chi connectivity index (χ1v) is 8.64. The number of ether oxygens (including phenoxy) is 2. The summed E-state index contributed by atoms with van der Waals surface area (Å²) in [4.78, 5) is 45.5. The number of benzene rings is 2. The first-order chi connectivity index (χ1) is 14.3. The molecule has 0 spiro atoms. The minimum absolute atomic E-state index is 0.162. The number of esters is 1. The van der Waals surface area contributed by atoms with Crippen LogP contribution in [0.2, 0.25) is 0 Å². The van der Waals surface area contributed by atoms with E-state index >= 15 is 0 Å². The zero-order valence-electron chi connectivity index (χ0n) is 16.2. The number of nitro groups is 1. The first kappa shape index (κ1) is 22.1. The molecule has 2 amide bonds. The fourth-order valence-corrected chi connectivity index (χ4v) is 2.41. The molecule has 0 saturated carbocycles. The smallest absolute Gasteiger partial charge is 0.331 e. The molecule has 30 heavy (non-hydrogen) atoms. The van der Waals surface area contributed by atoms with E-state index in [4.69, 9.17) is 9.47 Å². The van der Waals surface area contributed by atoms with E-state index in [1.807, 2.05) is 0 Å². The quantitative estimate of drug-likeness (QED) is 0.294. The number of methoxy groups -OCH3 is 1. The lowest BCUT2D eigenvalue weighted by atomic mass is 10.1. The Morgan fingerprint density at radius 1 is 1.13 bits per heavy atom. The van der Waals surface area contributed by atoms with Gasteiger partial charge in [-0.1, -0.05) is 12.1 Å². The highest BCUT2D eigenvalue weighted by atomic mass is 16.6. The number of amides is 2. The summed E-state index contributed by atoms with van der Waals surface area (Å²) in [6.07, 6.45) is 2.23. The number of anilines is 2. The molecule has 2 rings (SSSR count). The third-order valence-electron chi connectivity index (χ3n) is 3.67. The normalized spacial score (nSPS) is 10.3. The average molecular weight is 413 g/mol. The van der Waals surface area contributed by atoms with Gasteiger partial charge in [0.2, 0.25) is 5.91 Å². The van der Waals surface area contributed by atoms with Gasteiger partial charge in [0.1, 0.15) is 5.75 Å². The van der Waals surface area contributed by atoms with Crippen molar-refractivity contribution in [1.29, 1.82) is 0 Å². The molecular formula is C20H19N3O7. The first-order valence-electron chi connectivity index (χ1n) is 8.64. The SMILES string of the molecule is COc1ccc(NC(C)=O)cc1NC(=O)COC(=O)/C=C/c1ccccc1[N+](=O)[O-]. The number of nitro benzene ring substituents is 1. The molecule has 0 heterocycles. The van der Waals surface area contributed by atoms with Crippen molar-refractivity contribution < 1.29 is 28.8 Å². The molecule has 0 unspecified atom stereocenters. The number of nitrogens with one attached hydrogen (secondary N) is 2. The van der Waals surface area contributed by atoms with Crippen molar-refractivity contribution in [3.8, 4) is 5.75 Å². The fourth-order valence-electron chi connectivity index (χ4n) is 2.41. The molecule has 0 atom stereocenters. The van der Waals surface area contributed by atoms with Crippen molar-refractivity contribution in [1.82, 2.24) is 0 Å². The van der Waals surface area contributed by atoms with Gasteiger partial charge in [0.05, 0.1) is 23.3 Å². The Morgan fingerprint density at radius 3 is 2.53 bits per heavy atom. The van der Waals surface area contributed by atoms with Crippen molar-refractivity contribution in [2.24, 2.45) is 0 Å². The van der Waals surface area contributed by atoms with Gasteiger partial charge in [-0.2, -0.15) is 0 Å². The largest absolute Gasteiger partial charge is 0.495 e. The van der Waals surface area contributed by atoms with E-state index < -0.39 is 23.4 Å². The van der Waals surface area contributed by atoms with Gasteiger partial charge >= 0.3 is 5.97 Å². The summed E-state index contributed by atoms with van der Waals surface area (Å²) in [7, 11) is 1.41. The van der Waals surface area contributed by atoms with Gasteiger partial charge in [-0.05, 0) is 30.3 Å². The Hall–Kier alpha value is -4.21. The molecule has 0 aliphatic rings. The summed E-state index contributed by atoms with van der Waals surface area (Å²) in [5.41, 5.74) is 0.789. The maximum Gasteiger partial charge on any atom is 0.331 e. The topological polar surface area (TPSA) is 137 Å². The van der Waals surface area contributed by atoms with Crippen molar-refractivity contribution in [3.05, 3.63) is 64.2 Å². The van der Waals surface area contributed by atoms with E-state index in [1.165, 1.54) is 44.4 Å². The predicted octanol–water partition coefficient (Wildman–Crippen LogP) is 2.76. The summed E-state index contributed by atoms with van der Waals surface area (Å²) < 4.78 is 10.00. The highest BCUT2D eigenvalue weighted by Gasteiger charge is 2.12. The molecule has 0 aromatic heterocycles. The summed E-state index contributed by atoms with van der Waals surface area (Å²) in [5.74, 6) is -1.42. The maximum absolute atomic E-state index is 12.1. The Morgan fingerprint density at radius 2 is 1.87 bits per heavy atom. The maximum atomic E-state index is 12.1. The molecule has 0 radical (unpaired) electrons. The second-order valence-corrected chi connectivity index (χ2v) is 5.90. The number of hydrogen-bond acceptors (Lipinski definition) is 7. The molecule has 156 valence electrons. The monoisotopic (exact) mass is 413 g/mol. The van der Waals surface area contributed by atoms with Crippen LogP contribution in [-0.4, -0.2) is 36.4 Å². The van der Waals surface area contributed by atoms with Crippen molar-refractivity contribution in [3.63, 3.8) is 0 Å². The van der Waals surface area contributed by atoms with E-state index in [0.29, 0.717) is 11.4 Å². The molecule has 2 N–H and O–H groups in total. The van der Waals surface area contributed by atoms with Gasteiger partial charge in [0.25, 0.3) is 11.6 Å². The van der Waals surface area contributed by atoms with E-state index in [2.05, 4.69) is 10.6 Å². The van der Waals surface area contributed by atoms with Crippen LogP contribution in [0, 0.1) is 10.1 Å². The molecule has 0 aliphatic heterocycles. The molecular weight excluding hydrogens is 394 g/mol. The summed E-state index contributed by atoms with van der Waals surface area (Å²) in [6.45, 7) is 0.757. The second kappa shape index (κ2) is 10.4. The van der Waals surface area contributed by atoms with E-state index in [0.717, 1.165) is 6.08 Å². The Balaban J connectivity index is 1.97. The van der Waals surface area contributed by atoms with E-state index in [1.54, 1.807) is 18.2 Å². The third-order valence-corrected chi connectivity index (χ3v) is 3.67. The molecule has 10 nitrogen and oxygen atoms in total. The number of carbonyl (C=O) groups excluding carboxylic acids is 3. The Bertz CT molecular complexity index is 1000. The van der Waals surface area contributed by atoms with Gasteiger partial charge in [-0.15, -0.1) is 0 Å². The lowest BCUT2D eigenvalue weighted by molar-refractivity contribution is -0.385. The van der Waals surface area contributed by atoms with Gasteiger partial charge in [0, 0.05) is 24.8 Å². The highest BCUT2D eigenvalue weighted by Crippen LogP contribution is 2.27. The van der Waals surface area contributed by atoms with Gasteiger partial charge < -0.3 is 20.1 Å². The number of nitrogens with zero attached hydrogens (tertiary/aromatic N) is 1. The van der Waals surface area contributed by atoms with E-state index in [-0.39, 0.29) is 22.8 Å². The average Bonchev–Trinajstić information content (AvgIpc) is 2.70. The van der Waals surface area contributed by atoms with Crippen LogP contribution in [0.25, 0.3) is 6.08 Å². The van der Waals surface area contributed by atoms with Crippen LogP contribution in [-0.2, 0) is 19.1 Å². The van der Waals surface area contributed by atoms with Crippen LogP contribution >= 0.6 is 0 Å². The zero-order chi connectivity index (χ0) is 22.1. The molecule has 0 aliphatic carbocycles. The van der Waals surface area contributed by atoms with Crippen LogP contribution in [0.4, 0.5) is 17.1 Å². The summed E-state index contributed by atoms with van der Waals surface area (Å²) in [6, 6.07) is 10.5. The van der Waals surface area contributed by atoms with Crippen molar-refractivity contribution in [2.75, 3.05) is 24.4 Å². The summed E-state index contributed by atoms with van der Waals surface area (Å²) in [5, 5.41) is 16.1. The second-order valence-electron chi connectivity index (χ2n) is 5.90. The molecule has 0 fully saturated rings. The predicted molar refractivity (Wildman–Crippen MR) is 109 cm³/mol. The summed E-state index contributed by atoms with van der Waals surface area (Å²) >= 11 is 0. The lowest BCUT2D eigenvalue weighted by Gasteiger charge is -2.12. The Labute approximate surface area is 171 Å². The van der Waals surface area contributed by atoms with Crippen LogP contribution in [0.15, 0.2) is 48.5 Å². The number of hydrogen-bond donors (Lipinski definition) is 2. The van der Waals surface area contributed by atoms with Gasteiger partial charge in [-0.3, -0.25) is 19.7 Å². The number of rotatable bonds is 8. The third kappa shape index (κ3) is 6.44. The molecule has 10 heteroatoms. The molecule has 0 saturated heterocycles. The van der Waals surface area contributed by atoms with Gasteiger partial charge in [0.15, 0.2) is 6.61 Å². The van der Waals surface area contributed by atoms with Crippen LogP contribution in [0.1, 0.15) is 12.5 Å². The Kier molecular flexibility index (Phi) is 7.63. The fraction of sp³-hybridized carbons (Fsp3) is 0.150. The lowest BCUT2D eigenvalue weighted by Crippen LogP contribution is -2.20. The zero-order valence-corrected chi connectivity index (χ0v) is 16.2. The van der Waals surface area contributed by atoms with Crippen LogP contribution < -0.4 is 15.4 Å². The van der Waals surface area contributed by atoms with Crippen molar-refractivity contribution >= 4 is 40.9 Å². The minimum atomic E-state index is -0.845. The van der Waals surface area contributed by atoms with Gasteiger partial charge in [-0.25, -0.2) is 4.79 Å². The highest BCUT2D eigenvalue weighted by molar-refractivity contribution is 5.97. The van der Waals surface area contributed by atoms with Crippen LogP contribution in [0.5, 0.6) is 5.75 Å². The minimum Gasteiger partial charge on any atom is -0.495 e. The standard InChI is InChI=1S/C20H19N3O7/c1-13(24)21-15-8-9-18(29-2)16(11-15)22-19(25)12-30-20(26)10-7-14-5-3-4-6-17(14)23(27)28/h3-11H,12H2,1-2H3,(H,21,24)(H,22,25)/b10-7+. The van der Waals surface area contributed by atoms with Crippen LogP contribution in [0.3, 0.4) is 0 Å². The van der Waals surface area contributed by atoms with Crippen molar-refractivity contribution in [2.45, 2.75) is 6.92 Å². The molecule has 2 aromatic carbocycles. The molecule has 0 bridgehead atoms. The number of para-hydroxylation sites is 1. The number of carbonyl (C=O) groups is 3.